The van der Waals surface area contributed by atoms with Gasteiger partial charge in [-0.2, -0.15) is 0 Å². The van der Waals surface area contributed by atoms with Crippen LogP contribution in [0.2, 0.25) is 0 Å². The molecule has 6 heteroatoms. The molecule has 35 heavy (non-hydrogen) atoms. The van der Waals surface area contributed by atoms with Gasteiger partial charge in [0.05, 0.1) is 6.54 Å². The highest BCUT2D eigenvalue weighted by atomic mass is 16.5. The number of amides is 2. The number of hydrogen-bond acceptors (Lipinski definition) is 4. The molecule has 4 aromatic rings. The van der Waals surface area contributed by atoms with Gasteiger partial charge in [0.1, 0.15) is 11.5 Å². The van der Waals surface area contributed by atoms with E-state index in [1.165, 1.54) is 0 Å². The lowest BCUT2D eigenvalue weighted by Crippen LogP contribution is -2.30. The smallest absolute Gasteiger partial charge is 0.258 e. The Kier molecular flexibility index (Phi) is 7.76. The van der Waals surface area contributed by atoms with Crippen LogP contribution in [0.3, 0.4) is 0 Å². The van der Waals surface area contributed by atoms with Crippen LogP contribution in [0.4, 0.5) is 17.1 Å². The van der Waals surface area contributed by atoms with Crippen LogP contribution in [0.1, 0.15) is 17.3 Å². The average molecular weight is 466 g/mol. The normalized spacial score (nSPS) is 10.3. The number of hydrogen-bond donors (Lipinski definition) is 2. The van der Waals surface area contributed by atoms with E-state index in [9.17, 15) is 9.59 Å². The Bertz CT molecular complexity index is 1260. The highest BCUT2D eigenvalue weighted by Gasteiger charge is 2.16. The van der Waals surface area contributed by atoms with Crippen molar-refractivity contribution < 1.29 is 14.3 Å². The molecule has 0 aliphatic rings. The number of nitrogens with one attached hydrogen (secondary N) is 2. The molecule has 0 fully saturated rings. The maximum atomic E-state index is 13.1. The van der Waals surface area contributed by atoms with E-state index in [1.807, 2.05) is 91.9 Å². The van der Waals surface area contributed by atoms with E-state index in [0.717, 1.165) is 17.1 Å². The summed E-state index contributed by atoms with van der Waals surface area (Å²) in [6.07, 6.45) is 0. The van der Waals surface area contributed by atoms with Crippen molar-refractivity contribution in [1.82, 2.24) is 0 Å². The predicted octanol–water partition coefficient (Wildman–Crippen LogP) is 6.20. The zero-order valence-electron chi connectivity index (χ0n) is 19.5. The fourth-order valence-corrected chi connectivity index (χ4v) is 3.59. The van der Waals surface area contributed by atoms with Crippen LogP contribution in [0.5, 0.6) is 11.5 Å². The molecule has 0 bridgehead atoms. The average Bonchev–Trinajstić information content (AvgIpc) is 2.90. The van der Waals surface area contributed by atoms with Gasteiger partial charge in [0.2, 0.25) is 5.91 Å². The van der Waals surface area contributed by atoms with E-state index in [4.69, 9.17) is 4.74 Å². The van der Waals surface area contributed by atoms with Gasteiger partial charge in [-0.3, -0.25) is 9.59 Å². The van der Waals surface area contributed by atoms with Crippen molar-refractivity contribution in [3.8, 4) is 11.5 Å². The van der Waals surface area contributed by atoms with Gasteiger partial charge in [-0.15, -0.1) is 0 Å². The number of carbonyl (C=O) groups is 2. The Balaban J connectivity index is 1.32. The lowest BCUT2D eigenvalue weighted by Gasteiger charge is -2.21. The molecule has 0 saturated heterocycles. The first-order valence-corrected chi connectivity index (χ1v) is 11.5. The van der Waals surface area contributed by atoms with Crippen LogP contribution in [-0.4, -0.2) is 24.9 Å². The summed E-state index contributed by atoms with van der Waals surface area (Å²) in [5, 5.41) is 5.95. The van der Waals surface area contributed by atoms with E-state index in [0.29, 0.717) is 23.5 Å². The predicted molar refractivity (Wildman–Crippen MR) is 140 cm³/mol. The molecule has 2 N–H and O–H groups in total. The number of benzene rings is 4. The maximum absolute atomic E-state index is 13.1. The lowest BCUT2D eigenvalue weighted by atomic mass is 10.1. The molecule has 0 radical (unpaired) electrons. The van der Waals surface area contributed by atoms with Gasteiger partial charge in [-0.25, -0.2) is 0 Å². The van der Waals surface area contributed by atoms with Crippen LogP contribution in [0.25, 0.3) is 0 Å². The summed E-state index contributed by atoms with van der Waals surface area (Å²) in [4.78, 5) is 27.3. The second-order valence-corrected chi connectivity index (χ2v) is 7.81. The lowest BCUT2D eigenvalue weighted by molar-refractivity contribution is -0.114. The number of nitrogens with zero attached hydrogens (tertiary/aromatic N) is 1. The number of rotatable bonds is 9. The zero-order chi connectivity index (χ0) is 24.5. The summed E-state index contributed by atoms with van der Waals surface area (Å²) in [5.74, 6) is 1.14. The Labute approximate surface area is 205 Å². The maximum Gasteiger partial charge on any atom is 0.258 e. The Hall–Kier alpha value is -4.58. The quantitative estimate of drug-likeness (QED) is 0.309. The molecule has 0 aromatic heterocycles. The van der Waals surface area contributed by atoms with Crippen LogP contribution in [0.15, 0.2) is 109 Å². The van der Waals surface area contributed by atoms with Gasteiger partial charge < -0.3 is 20.3 Å². The topological polar surface area (TPSA) is 70.7 Å². The molecule has 0 atom stereocenters. The Morgan fingerprint density at radius 1 is 0.743 bits per heavy atom. The summed E-state index contributed by atoms with van der Waals surface area (Å²) in [6, 6.07) is 33.4. The van der Waals surface area contributed by atoms with Crippen molar-refractivity contribution in [2.24, 2.45) is 0 Å². The molecule has 0 heterocycles. The van der Waals surface area contributed by atoms with Gasteiger partial charge in [-0.1, -0.05) is 42.5 Å². The third-order valence-corrected chi connectivity index (χ3v) is 5.31. The molecule has 0 aliphatic heterocycles. The fraction of sp³-hybridized carbons (Fsp3) is 0.103. The molecule has 176 valence electrons. The SMILES string of the molecule is CCN(C(=O)c1cccc(NC(=O)CNc2ccc(Oc3ccccc3)cc2)c1)c1ccccc1. The van der Waals surface area contributed by atoms with Gasteiger partial charge >= 0.3 is 0 Å². The molecule has 0 unspecified atom stereocenters. The minimum Gasteiger partial charge on any atom is -0.457 e. The minimum atomic E-state index is -0.213. The van der Waals surface area contributed by atoms with E-state index in [-0.39, 0.29) is 18.4 Å². The summed E-state index contributed by atoms with van der Waals surface area (Å²) >= 11 is 0. The first-order valence-electron chi connectivity index (χ1n) is 11.5. The number of para-hydroxylation sites is 2. The van der Waals surface area contributed by atoms with Crippen molar-refractivity contribution in [1.29, 1.82) is 0 Å². The van der Waals surface area contributed by atoms with Crippen LogP contribution < -0.4 is 20.3 Å². The largest absolute Gasteiger partial charge is 0.457 e. The zero-order valence-corrected chi connectivity index (χ0v) is 19.5. The van der Waals surface area contributed by atoms with Crippen molar-refractivity contribution in [3.05, 3.63) is 115 Å². The van der Waals surface area contributed by atoms with E-state index in [2.05, 4.69) is 10.6 Å². The molecular weight excluding hydrogens is 438 g/mol. The van der Waals surface area contributed by atoms with Crippen molar-refractivity contribution in [2.45, 2.75) is 6.92 Å². The molecule has 4 aromatic carbocycles. The van der Waals surface area contributed by atoms with Gasteiger partial charge in [0.15, 0.2) is 0 Å². The van der Waals surface area contributed by atoms with E-state index >= 15 is 0 Å². The molecule has 0 aliphatic carbocycles. The van der Waals surface area contributed by atoms with Gasteiger partial charge in [-0.05, 0) is 73.7 Å². The monoisotopic (exact) mass is 465 g/mol. The second-order valence-electron chi connectivity index (χ2n) is 7.81. The molecule has 6 nitrogen and oxygen atoms in total. The molecule has 0 spiro atoms. The van der Waals surface area contributed by atoms with E-state index in [1.54, 1.807) is 29.2 Å². The second kappa shape index (κ2) is 11.5. The molecular formula is C29H27N3O3. The minimum absolute atomic E-state index is 0.0855. The summed E-state index contributed by atoms with van der Waals surface area (Å²) in [6.45, 7) is 2.56. The highest BCUT2D eigenvalue weighted by molar-refractivity contribution is 6.07. The van der Waals surface area contributed by atoms with Crippen molar-refractivity contribution >= 4 is 28.9 Å². The Morgan fingerprint density at radius 2 is 1.40 bits per heavy atom. The van der Waals surface area contributed by atoms with E-state index < -0.39 is 0 Å². The van der Waals surface area contributed by atoms with Gasteiger partial charge in [0.25, 0.3) is 5.91 Å². The third-order valence-electron chi connectivity index (χ3n) is 5.31. The van der Waals surface area contributed by atoms with Crippen LogP contribution >= 0.6 is 0 Å². The first kappa shape index (κ1) is 23.6. The first-order chi connectivity index (χ1) is 17.1. The third kappa shape index (κ3) is 6.48. The number of ether oxygens (including phenoxy) is 1. The standard InChI is InChI=1S/C29H27N3O3/c1-2-32(25-12-5-3-6-13-25)29(34)22-10-9-11-24(20-22)31-28(33)21-30-23-16-18-27(19-17-23)35-26-14-7-4-8-15-26/h3-20,30H,2,21H2,1H3,(H,31,33). The summed E-state index contributed by atoms with van der Waals surface area (Å²) in [5.41, 5.74) is 2.71. The fourth-order valence-electron chi connectivity index (χ4n) is 3.59. The Morgan fingerprint density at radius 3 is 2.09 bits per heavy atom. The van der Waals surface area contributed by atoms with Crippen LogP contribution in [0, 0.1) is 0 Å². The van der Waals surface area contributed by atoms with Crippen molar-refractivity contribution in [3.63, 3.8) is 0 Å². The summed E-state index contributed by atoms with van der Waals surface area (Å²) in [7, 11) is 0. The number of carbonyl (C=O) groups excluding carboxylic acids is 2. The molecule has 4 rings (SSSR count). The van der Waals surface area contributed by atoms with Gasteiger partial charge in [0, 0.05) is 29.2 Å². The molecule has 0 saturated carbocycles. The molecule has 2 amide bonds. The number of anilines is 3. The highest BCUT2D eigenvalue weighted by Crippen LogP contribution is 2.23. The van der Waals surface area contributed by atoms with Crippen molar-refractivity contribution in [2.75, 3.05) is 28.6 Å². The van der Waals surface area contributed by atoms with Crippen LogP contribution in [-0.2, 0) is 4.79 Å². The summed E-state index contributed by atoms with van der Waals surface area (Å²) < 4.78 is 5.78.